The molecule has 2 amide bonds. The summed E-state index contributed by atoms with van der Waals surface area (Å²) in [7, 11) is 0. The molecule has 0 spiro atoms. The number of hydrogen-bond donors (Lipinski definition) is 1. The molecule has 110 valence electrons. The van der Waals surface area contributed by atoms with Crippen molar-refractivity contribution in [2.24, 2.45) is 28.9 Å². The average molecular weight is 276 g/mol. The Kier molecular flexibility index (Phi) is 2.67. The summed E-state index contributed by atoms with van der Waals surface area (Å²) in [6, 6.07) is -0.337. The molecule has 0 aromatic carbocycles. The van der Waals surface area contributed by atoms with Crippen LogP contribution < -0.4 is 5.73 Å². The minimum absolute atomic E-state index is 0.132. The fraction of sp³-hybridized carbons (Fsp3) is 0.875. The van der Waals surface area contributed by atoms with Crippen LogP contribution in [-0.4, -0.2) is 29.3 Å². The van der Waals surface area contributed by atoms with Gasteiger partial charge in [0.2, 0.25) is 11.8 Å². The lowest BCUT2D eigenvalue weighted by Gasteiger charge is -2.56. The molecule has 0 unspecified atom stereocenters. The Hall–Kier alpha value is -1.06. The van der Waals surface area contributed by atoms with Gasteiger partial charge in [-0.25, -0.2) is 0 Å². The summed E-state index contributed by atoms with van der Waals surface area (Å²) in [5, 5.41) is 0. The van der Waals surface area contributed by atoms with Crippen LogP contribution in [0.2, 0.25) is 0 Å². The lowest BCUT2D eigenvalue weighted by atomic mass is 9.49. The van der Waals surface area contributed by atoms with Crippen molar-refractivity contribution >= 4 is 11.8 Å². The lowest BCUT2D eigenvalue weighted by Crippen LogP contribution is -2.56. The second kappa shape index (κ2) is 4.22. The highest BCUT2D eigenvalue weighted by Gasteiger charge is 2.56. The molecule has 0 radical (unpaired) electrons. The van der Waals surface area contributed by atoms with E-state index >= 15 is 0 Å². The van der Waals surface area contributed by atoms with Crippen molar-refractivity contribution < 1.29 is 9.59 Å². The predicted molar refractivity (Wildman–Crippen MR) is 74.5 cm³/mol. The molecular formula is C16H24N2O2. The molecule has 5 fully saturated rings. The first-order valence-electron chi connectivity index (χ1n) is 8.18. The largest absolute Gasteiger partial charge is 0.368 e. The Morgan fingerprint density at radius 2 is 1.55 bits per heavy atom. The number of carbonyl (C=O) groups excluding carboxylic acids is 2. The molecule has 1 aliphatic heterocycles. The Morgan fingerprint density at radius 3 is 2.05 bits per heavy atom. The van der Waals surface area contributed by atoms with Crippen LogP contribution in [0.5, 0.6) is 0 Å². The molecular weight excluding hydrogens is 252 g/mol. The third-order valence-electron chi connectivity index (χ3n) is 6.33. The summed E-state index contributed by atoms with van der Waals surface area (Å²) in [6.07, 6.45) is 8.90. The van der Waals surface area contributed by atoms with E-state index in [1.807, 2.05) is 4.90 Å². The first-order valence-corrected chi connectivity index (χ1v) is 8.18. The molecule has 20 heavy (non-hydrogen) atoms. The molecule has 2 N–H and O–H groups in total. The third kappa shape index (κ3) is 1.73. The van der Waals surface area contributed by atoms with Crippen LogP contribution in [0.25, 0.3) is 0 Å². The van der Waals surface area contributed by atoms with Crippen molar-refractivity contribution in [3.63, 3.8) is 0 Å². The average Bonchev–Trinajstić information content (AvgIpc) is 2.85. The molecule has 1 atom stereocenters. The summed E-state index contributed by atoms with van der Waals surface area (Å²) < 4.78 is 0. The molecule has 0 aromatic heterocycles. The van der Waals surface area contributed by atoms with E-state index in [9.17, 15) is 9.59 Å². The third-order valence-corrected chi connectivity index (χ3v) is 6.33. The van der Waals surface area contributed by atoms with Gasteiger partial charge in [-0.3, -0.25) is 9.59 Å². The van der Waals surface area contributed by atoms with Crippen LogP contribution in [0.3, 0.4) is 0 Å². The highest BCUT2D eigenvalue weighted by molar-refractivity contribution is 5.90. The van der Waals surface area contributed by atoms with Crippen LogP contribution >= 0.6 is 0 Å². The molecule has 4 bridgehead atoms. The van der Waals surface area contributed by atoms with E-state index in [1.54, 1.807) is 0 Å². The van der Waals surface area contributed by atoms with E-state index in [0.29, 0.717) is 0 Å². The van der Waals surface area contributed by atoms with Crippen molar-refractivity contribution in [3.05, 3.63) is 0 Å². The number of carbonyl (C=O) groups is 2. The maximum absolute atomic E-state index is 13.1. The van der Waals surface area contributed by atoms with E-state index in [4.69, 9.17) is 5.73 Å². The van der Waals surface area contributed by atoms with Crippen LogP contribution in [0.4, 0.5) is 0 Å². The van der Waals surface area contributed by atoms with Crippen LogP contribution in [0.15, 0.2) is 0 Å². The summed E-state index contributed by atoms with van der Waals surface area (Å²) in [5.41, 5.74) is 5.35. The zero-order valence-electron chi connectivity index (χ0n) is 12.0. The second-order valence-corrected chi connectivity index (χ2v) is 7.76. The van der Waals surface area contributed by atoms with Gasteiger partial charge in [-0.05, 0) is 69.1 Å². The molecule has 4 nitrogen and oxygen atoms in total. The summed E-state index contributed by atoms with van der Waals surface area (Å²) in [4.78, 5) is 26.5. The fourth-order valence-electron chi connectivity index (χ4n) is 5.98. The zero-order chi connectivity index (χ0) is 13.9. The maximum atomic E-state index is 13.1. The number of likely N-dealkylation sites (tertiary alicyclic amines) is 1. The van der Waals surface area contributed by atoms with E-state index in [2.05, 4.69) is 0 Å². The van der Waals surface area contributed by atoms with Gasteiger partial charge in [0.1, 0.15) is 6.04 Å². The Balaban J connectivity index is 1.60. The van der Waals surface area contributed by atoms with E-state index in [1.165, 1.54) is 19.3 Å². The summed E-state index contributed by atoms with van der Waals surface area (Å²) in [5.74, 6) is 2.23. The first kappa shape index (κ1) is 12.7. The molecule has 5 aliphatic rings. The number of nitrogens with zero attached hydrogens (tertiary/aromatic N) is 1. The van der Waals surface area contributed by atoms with Gasteiger partial charge in [0.15, 0.2) is 0 Å². The smallest absolute Gasteiger partial charge is 0.240 e. The standard InChI is InChI=1S/C16H24N2O2/c17-14(19)13-2-1-3-18(13)15(20)16-7-10-4-11(8-16)6-12(5-10)9-16/h10-13H,1-9H2,(H2,17,19)/t10?,11?,12?,13-,16?/m0/s1. The number of hydrogen-bond acceptors (Lipinski definition) is 2. The molecule has 4 heteroatoms. The summed E-state index contributed by atoms with van der Waals surface area (Å²) >= 11 is 0. The van der Waals surface area contributed by atoms with E-state index in [0.717, 1.165) is 56.4 Å². The Bertz CT molecular complexity index is 424. The normalized spacial score (nSPS) is 45.9. The van der Waals surface area contributed by atoms with Crippen LogP contribution in [0, 0.1) is 23.2 Å². The Morgan fingerprint density at radius 1 is 1.00 bits per heavy atom. The summed E-state index contributed by atoms with van der Waals surface area (Å²) in [6.45, 7) is 0.730. The topological polar surface area (TPSA) is 63.4 Å². The van der Waals surface area contributed by atoms with Crippen molar-refractivity contribution in [1.82, 2.24) is 4.90 Å². The highest BCUT2D eigenvalue weighted by atomic mass is 16.2. The number of primary amides is 1. The van der Waals surface area contributed by atoms with Crippen molar-refractivity contribution in [3.8, 4) is 0 Å². The highest BCUT2D eigenvalue weighted by Crippen LogP contribution is 2.60. The lowest BCUT2D eigenvalue weighted by molar-refractivity contribution is -0.160. The molecule has 1 saturated heterocycles. The number of rotatable bonds is 2. The van der Waals surface area contributed by atoms with Gasteiger partial charge < -0.3 is 10.6 Å². The van der Waals surface area contributed by atoms with E-state index < -0.39 is 0 Å². The predicted octanol–water partition coefficient (Wildman–Crippen LogP) is 1.68. The van der Waals surface area contributed by atoms with Gasteiger partial charge in [-0.15, -0.1) is 0 Å². The van der Waals surface area contributed by atoms with Gasteiger partial charge in [-0.2, -0.15) is 0 Å². The molecule has 4 aliphatic carbocycles. The molecule has 4 saturated carbocycles. The van der Waals surface area contributed by atoms with E-state index in [-0.39, 0.29) is 23.3 Å². The van der Waals surface area contributed by atoms with Gasteiger partial charge in [0.25, 0.3) is 0 Å². The van der Waals surface area contributed by atoms with Gasteiger partial charge in [-0.1, -0.05) is 0 Å². The van der Waals surface area contributed by atoms with Crippen molar-refractivity contribution in [2.45, 2.75) is 57.4 Å². The molecule has 0 aromatic rings. The fourth-order valence-corrected chi connectivity index (χ4v) is 5.98. The minimum Gasteiger partial charge on any atom is -0.368 e. The maximum Gasteiger partial charge on any atom is 0.240 e. The van der Waals surface area contributed by atoms with Crippen molar-refractivity contribution in [1.29, 1.82) is 0 Å². The zero-order valence-corrected chi connectivity index (χ0v) is 12.0. The first-order chi connectivity index (χ1) is 9.57. The number of amides is 2. The quantitative estimate of drug-likeness (QED) is 0.834. The van der Waals surface area contributed by atoms with Gasteiger partial charge >= 0.3 is 0 Å². The molecule has 5 rings (SSSR count). The van der Waals surface area contributed by atoms with Gasteiger partial charge in [0, 0.05) is 6.54 Å². The van der Waals surface area contributed by atoms with Crippen LogP contribution in [-0.2, 0) is 9.59 Å². The van der Waals surface area contributed by atoms with Gasteiger partial charge in [0.05, 0.1) is 5.41 Å². The SMILES string of the molecule is NC(=O)[C@@H]1CCCN1C(=O)C12CC3CC(CC(C3)C1)C2. The van der Waals surface area contributed by atoms with Crippen molar-refractivity contribution in [2.75, 3.05) is 6.54 Å². The number of nitrogens with two attached hydrogens (primary N) is 1. The minimum atomic E-state index is -0.337. The Labute approximate surface area is 120 Å². The molecule has 1 heterocycles. The monoisotopic (exact) mass is 276 g/mol. The second-order valence-electron chi connectivity index (χ2n) is 7.76. The van der Waals surface area contributed by atoms with Crippen LogP contribution in [0.1, 0.15) is 51.4 Å².